The van der Waals surface area contributed by atoms with E-state index in [-0.39, 0.29) is 18.4 Å². The van der Waals surface area contributed by atoms with Crippen LogP contribution in [0.3, 0.4) is 0 Å². The summed E-state index contributed by atoms with van der Waals surface area (Å²) in [5, 5.41) is 1.77. The fourth-order valence-corrected chi connectivity index (χ4v) is 4.79. The van der Waals surface area contributed by atoms with Gasteiger partial charge in [0.1, 0.15) is 11.3 Å². The van der Waals surface area contributed by atoms with Crippen LogP contribution >= 0.6 is 11.6 Å². The lowest BCUT2D eigenvalue weighted by molar-refractivity contribution is -0.142. The summed E-state index contributed by atoms with van der Waals surface area (Å²) in [6.45, 7) is 4.27. The number of fused-ring (bicyclic) bond motifs is 1. The van der Waals surface area contributed by atoms with Gasteiger partial charge in [-0.2, -0.15) is 0 Å². The molecule has 0 spiro atoms. The van der Waals surface area contributed by atoms with Gasteiger partial charge in [-0.25, -0.2) is 4.39 Å². The highest BCUT2D eigenvalue weighted by Crippen LogP contribution is 2.34. The van der Waals surface area contributed by atoms with Crippen LogP contribution in [0, 0.1) is 0 Å². The van der Waals surface area contributed by atoms with E-state index in [0.29, 0.717) is 18.3 Å². The summed E-state index contributed by atoms with van der Waals surface area (Å²) in [4.78, 5) is 14.1. The molecule has 3 aromatic rings. The third-order valence-electron chi connectivity index (χ3n) is 6.01. The fraction of sp³-hybridized carbons (Fsp3) is 0.400. The van der Waals surface area contributed by atoms with Crippen LogP contribution < -0.4 is 0 Å². The molecule has 1 saturated heterocycles. The standard InChI is InChI=1S/C25H28ClFN2O2/c1-2-31-25(30)15-18-8-9-20-16-24(26)29(23(20)14-18)21-10-12-28(13-11-21)17-22(27)19-6-4-3-5-7-19/h3-9,14,16,21-22H,2,10-13,15,17H2,1H3. The van der Waals surface area contributed by atoms with Gasteiger partial charge in [-0.1, -0.05) is 54.1 Å². The van der Waals surface area contributed by atoms with Crippen LogP contribution in [0.2, 0.25) is 5.15 Å². The smallest absolute Gasteiger partial charge is 0.310 e. The Balaban J connectivity index is 1.44. The Morgan fingerprint density at radius 2 is 1.90 bits per heavy atom. The van der Waals surface area contributed by atoms with Crippen LogP contribution in [0.5, 0.6) is 0 Å². The summed E-state index contributed by atoms with van der Waals surface area (Å²) < 4.78 is 21.9. The molecular weight excluding hydrogens is 415 g/mol. The van der Waals surface area contributed by atoms with Crippen LogP contribution in [-0.4, -0.2) is 41.7 Å². The van der Waals surface area contributed by atoms with Crippen molar-refractivity contribution in [3.63, 3.8) is 0 Å². The molecule has 164 valence electrons. The van der Waals surface area contributed by atoms with Crippen molar-refractivity contribution in [2.45, 2.75) is 38.4 Å². The van der Waals surface area contributed by atoms with Gasteiger partial charge in [-0.3, -0.25) is 9.69 Å². The third kappa shape index (κ3) is 5.10. The van der Waals surface area contributed by atoms with Gasteiger partial charge in [0.05, 0.1) is 13.0 Å². The van der Waals surface area contributed by atoms with E-state index in [1.165, 1.54) is 0 Å². The number of carbonyl (C=O) groups is 1. The number of benzene rings is 2. The second kappa shape index (κ2) is 9.84. The molecule has 31 heavy (non-hydrogen) atoms. The summed E-state index contributed by atoms with van der Waals surface area (Å²) in [7, 11) is 0. The highest BCUT2D eigenvalue weighted by molar-refractivity contribution is 6.31. The zero-order valence-corrected chi connectivity index (χ0v) is 18.5. The molecule has 2 aromatic carbocycles. The molecule has 4 rings (SSSR count). The fourth-order valence-electron chi connectivity index (χ4n) is 4.45. The molecule has 0 amide bonds. The number of likely N-dealkylation sites (tertiary alicyclic amines) is 1. The lowest BCUT2D eigenvalue weighted by Crippen LogP contribution is -2.36. The Kier molecular flexibility index (Phi) is 6.93. The molecule has 1 aliphatic heterocycles. The predicted octanol–water partition coefficient (Wildman–Crippen LogP) is 5.75. The van der Waals surface area contributed by atoms with Gasteiger partial charge < -0.3 is 9.30 Å². The Bertz CT molecular complexity index is 1030. The second-order valence-corrected chi connectivity index (χ2v) is 8.51. The minimum atomic E-state index is -0.973. The van der Waals surface area contributed by atoms with Crippen LogP contribution in [0.1, 0.15) is 43.1 Å². The van der Waals surface area contributed by atoms with E-state index in [4.69, 9.17) is 16.3 Å². The van der Waals surface area contributed by atoms with E-state index < -0.39 is 6.17 Å². The van der Waals surface area contributed by atoms with Crippen LogP contribution in [0.4, 0.5) is 4.39 Å². The van der Waals surface area contributed by atoms with Gasteiger partial charge in [0.2, 0.25) is 0 Å². The van der Waals surface area contributed by atoms with Crippen molar-refractivity contribution >= 4 is 28.5 Å². The number of carbonyl (C=O) groups excluding carboxylic acids is 1. The van der Waals surface area contributed by atoms with Crippen molar-refractivity contribution in [2.24, 2.45) is 0 Å². The summed E-state index contributed by atoms with van der Waals surface area (Å²) >= 11 is 6.61. The van der Waals surface area contributed by atoms with Crippen molar-refractivity contribution in [3.8, 4) is 0 Å². The molecule has 6 heteroatoms. The average molecular weight is 443 g/mol. The average Bonchev–Trinajstić information content (AvgIpc) is 3.10. The lowest BCUT2D eigenvalue weighted by atomic mass is 10.0. The Hall–Kier alpha value is -2.37. The van der Waals surface area contributed by atoms with E-state index in [1.807, 2.05) is 61.5 Å². The number of halogens is 2. The first-order valence-electron chi connectivity index (χ1n) is 10.9. The van der Waals surface area contributed by atoms with Crippen molar-refractivity contribution in [3.05, 3.63) is 70.9 Å². The molecular formula is C25H28ClFN2O2. The number of nitrogens with zero attached hydrogens (tertiary/aromatic N) is 2. The predicted molar refractivity (Wildman–Crippen MR) is 122 cm³/mol. The highest BCUT2D eigenvalue weighted by atomic mass is 35.5. The maximum absolute atomic E-state index is 14.7. The SMILES string of the molecule is CCOC(=O)Cc1ccc2cc(Cl)n(C3CCN(CC(F)c4ccccc4)CC3)c2c1. The first-order valence-corrected chi connectivity index (χ1v) is 11.3. The summed E-state index contributed by atoms with van der Waals surface area (Å²) in [5.41, 5.74) is 2.69. The van der Waals surface area contributed by atoms with Crippen LogP contribution in [0.15, 0.2) is 54.6 Å². The number of esters is 1. The number of hydrogen-bond donors (Lipinski definition) is 0. The molecule has 1 aliphatic rings. The lowest BCUT2D eigenvalue weighted by Gasteiger charge is -2.34. The zero-order valence-electron chi connectivity index (χ0n) is 17.8. The first-order chi connectivity index (χ1) is 15.0. The molecule has 0 N–H and O–H groups in total. The largest absolute Gasteiger partial charge is 0.466 e. The molecule has 4 nitrogen and oxygen atoms in total. The first kappa shape index (κ1) is 21.8. The number of aromatic nitrogens is 1. The Morgan fingerprint density at radius 1 is 1.16 bits per heavy atom. The van der Waals surface area contributed by atoms with Crippen molar-refractivity contribution in [1.29, 1.82) is 0 Å². The van der Waals surface area contributed by atoms with Crippen molar-refractivity contribution in [2.75, 3.05) is 26.2 Å². The van der Waals surface area contributed by atoms with Gasteiger partial charge in [0, 0.05) is 36.6 Å². The quantitative estimate of drug-likeness (QED) is 0.437. The molecule has 2 heterocycles. The molecule has 0 saturated carbocycles. The summed E-state index contributed by atoms with van der Waals surface area (Å²) in [6.07, 6.45) is 1.10. The molecule has 0 radical (unpaired) electrons. The van der Waals surface area contributed by atoms with Gasteiger partial charge in [0.15, 0.2) is 0 Å². The highest BCUT2D eigenvalue weighted by Gasteiger charge is 2.25. The van der Waals surface area contributed by atoms with Crippen molar-refractivity contribution < 1.29 is 13.9 Å². The number of alkyl halides is 1. The minimum absolute atomic E-state index is 0.224. The normalized spacial score (nSPS) is 16.5. The Morgan fingerprint density at radius 3 is 2.61 bits per heavy atom. The van der Waals surface area contributed by atoms with E-state index >= 15 is 0 Å². The number of hydrogen-bond acceptors (Lipinski definition) is 3. The monoisotopic (exact) mass is 442 g/mol. The van der Waals surface area contributed by atoms with Crippen LogP contribution in [0.25, 0.3) is 10.9 Å². The molecule has 1 unspecified atom stereocenters. The number of piperidine rings is 1. The van der Waals surface area contributed by atoms with E-state index in [9.17, 15) is 9.18 Å². The summed E-state index contributed by atoms with van der Waals surface area (Å²) in [6, 6.07) is 17.6. The minimum Gasteiger partial charge on any atom is -0.466 e. The maximum atomic E-state index is 14.7. The topological polar surface area (TPSA) is 34.5 Å². The van der Waals surface area contributed by atoms with Gasteiger partial charge >= 0.3 is 5.97 Å². The third-order valence-corrected chi connectivity index (χ3v) is 6.31. The maximum Gasteiger partial charge on any atom is 0.310 e. The summed E-state index contributed by atoms with van der Waals surface area (Å²) in [5.74, 6) is -0.224. The van der Waals surface area contributed by atoms with E-state index in [1.54, 1.807) is 0 Å². The van der Waals surface area contributed by atoms with Gasteiger partial charge in [-0.05, 0) is 43.0 Å². The second-order valence-electron chi connectivity index (χ2n) is 8.12. The molecule has 0 bridgehead atoms. The molecule has 1 fully saturated rings. The van der Waals surface area contributed by atoms with E-state index in [0.717, 1.165) is 48.0 Å². The van der Waals surface area contributed by atoms with Crippen molar-refractivity contribution in [1.82, 2.24) is 9.47 Å². The number of rotatable bonds is 7. The van der Waals surface area contributed by atoms with Gasteiger partial charge in [0.25, 0.3) is 0 Å². The Labute approximate surface area is 187 Å². The number of ether oxygens (including phenoxy) is 1. The molecule has 1 atom stereocenters. The van der Waals surface area contributed by atoms with Gasteiger partial charge in [-0.15, -0.1) is 0 Å². The zero-order chi connectivity index (χ0) is 21.8. The molecule has 0 aliphatic carbocycles. The van der Waals surface area contributed by atoms with E-state index in [2.05, 4.69) is 9.47 Å². The van der Waals surface area contributed by atoms with Crippen LogP contribution in [-0.2, 0) is 16.0 Å². The molecule has 1 aromatic heterocycles.